The van der Waals surface area contributed by atoms with Crippen molar-refractivity contribution >= 4 is 41.6 Å². The molecule has 2 unspecified atom stereocenters. The van der Waals surface area contributed by atoms with Crippen molar-refractivity contribution in [3.05, 3.63) is 28.2 Å². The normalized spacial score (nSPS) is 23.1. The van der Waals surface area contributed by atoms with Gasteiger partial charge in [-0.25, -0.2) is 8.42 Å². The van der Waals surface area contributed by atoms with Crippen LogP contribution in [0.4, 0.5) is 0 Å². The van der Waals surface area contributed by atoms with E-state index in [0.29, 0.717) is 22.5 Å². The first-order valence-electron chi connectivity index (χ1n) is 6.75. The summed E-state index contributed by atoms with van der Waals surface area (Å²) in [5.74, 6) is 0.284. The third kappa shape index (κ3) is 3.79. The van der Waals surface area contributed by atoms with Crippen LogP contribution in [0.1, 0.15) is 37.0 Å². The van der Waals surface area contributed by atoms with Gasteiger partial charge in [0, 0.05) is 27.7 Å². The maximum atomic E-state index is 12.7. The molecular formula is C14H17BrClNO3S. The first-order valence-corrected chi connectivity index (χ1v) is 9.85. The summed E-state index contributed by atoms with van der Waals surface area (Å²) in [4.78, 5) is 14.5. The highest BCUT2D eigenvalue weighted by Crippen LogP contribution is 2.28. The molecule has 0 spiro atoms. The van der Waals surface area contributed by atoms with Crippen molar-refractivity contribution in [3.8, 4) is 0 Å². The van der Waals surface area contributed by atoms with Crippen LogP contribution >= 0.6 is 26.6 Å². The van der Waals surface area contributed by atoms with E-state index in [2.05, 4.69) is 22.9 Å². The molecule has 0 saturated carbocycles. The summed E-state index contributed by atoms with van der Waals surface area (Å²) < 4.78 is 23.4. The Labute approximate surface area is 138 Å². The topological polar surface area (TPSA) is 54.5 Å². The molecule has 1 saturated heterocycles. The van der Waals surface area contributed by atoms with Crippen molar-refractivity contribution in [2.45, 2.75) is 37.6 Å². The third-order valence-electron chi connectivity index (χ3n) is 3.83. The minimum absolute atomic E-state index is 0.0616. The van der Waals surface area contributed by atoms with Gasteiger partial charge in [-0.2, -0.15) is 0 Å². The molecule has 1 amide bonds. The second kappa shape index (κ2) is 6.26. The van der Waals surface area contributed by atoms with Gasteiger partial charge in [0.2, 0.25) is 0 Å². The Hall–Kier alpha value is -0.590. The van der Waals surface area contributed by atoms with Crippen LogP contribution in [0.25, 0.3) is 0 Å². The lowest BCUT2D eigenvalue weighted by atomic mass is 9.94. The molecule has 1 heterocycles. The fraction of sp³-hybridized carbons (Fsp3) is 0.500. The van der Waals surface area contributed by atoms with E-state index < -0.39 is 9.05 Å². The number of carbonyl (C=O) groups is 1. The lowest BCUT2D eigenvalue weighted by Crippen LogP contribution is -2.45. The van der Waals surface area contributed by atoms with Gasteiger partial charge in [-0.3, -0.25) is 4.79 Å². The van der Waals surface area contributed by atoms with E-state index in [1.807, 2.05) is 6.92 Å². The first kappa shape index (κ1) is 16.8. The molecule has 0 aliphatic carbocycles. The zero-order valence-corrected chi connectivity index (χ0v) is 15.0. The van der Waals surface area contributed by atoms with Crippen LogP contribution in [-0.2, 0) is 9.05 Å². The van der Waals surface area contributed by atoms with Gasteiger partial charge in [-0.05, 0) is 59.8 Å². The van der Waals surface area contributed by atoms with E-state index >= 15 is 0 Å². The van der Waals surface area contributed by atoms with E-state index in [0.717, 1.165) is 12.8 Å². The summed E-state index contributed by atoms with van der Waals surface area (Å²) in [5.41, 5.74) is 0.331. The van der Waals surface area contributed by atoms with Crippen molar-refractivity contribution in [1.29, 1.82) is 0 Å². The van der Waals surface area contributed by atoms with Crippen LogP contribution in [0, 0.1) is 5.92 Å². The average Bonchev–Trinajstić information content (AvgIpc) is 2.40. The van der Waals surface area contributed by atoms with Crippen molar-refractivity contribution in [2.75, 3.05) is 6.54 Å². The van der Waals surface area contributed by atoms with Crippen LogP contribution < -0.4 is 0 Å². The number of halogens is 2. The molecule has 0 N–H and O–H groups in total. The number of piperidine rings is 1. The molecule has 2 rings (SSSR count). The number of hydrogen-bond acceptors (Lipinski definition) is 3. The molecule has 0 aromatic heterocycles. The molecule has 7 heteroatoms. The van der Waals surface area contributed by atoms with Crippen molar-refractivity contribution in [3.63, 3.8) is 0 Å². The zero-order valence-electron chi connectivity index (χ0n) is 11.8. The van der Waals surface area contributed by atoms with Gasteiger partial charge in [-0.15, -0.1) is 0 Å². The second-order valence-corrected chi connectivity index (χ2v) is 8.99. The largest absolute Gasteiger partial charge is 0.336 e. The van der Waals surface area contributed by atoms with Crippen molar-refractivity contribution < 1.29 is 13.2 Å². The van der Waals surface area contributed by atoms with Crippen molar-refractivity contribution in [2.24, 2.45) is 5.92 Å². The number of amides is 1. The Morgan fingerprint density at radius 2 is 2.00 bits per heavy atom. The molecule has 1 aromatic rings. The van der Waals surface area contributed by atoms with Crippen LogP contribution in [0.5, 0.6) is 0 Å². The van der Waals surface area contributed by atoms with Crippen LogP contribution in [0.3, 0.4) is 0 Å². The highest BCUT2D eigenvalue weighted by molar-refractivity contribution is 9.10. The predicted octanol–water partition coefficient (Wildman–Crippen LogP) is 3.64. The van der Waals surface area contributed by atoms with Gasteiger partial charge in [0.05, 0.1) is 10.5 Å². The Morgan fingerprint density at radius 3 is 2.62 bits per heavy atom. The van der Waals surface area contributed by atoms with Crippen molar-refractivity contribution in [1.82, 2.24) is 4.90 Å². The summed E-state index contributed by atoms with van der Waals surface area (Å²) in [6.07, 6.45) is 2.06. The van der Waals surface area contributed by atoms with E-state index in [1.54, 1.807) is 11.0 Å². The van der Waals surface area contributed by atoms with Crippen LogP contribution in [0.2, 0.25) is 0 Å². The average molecular weight is 395 g/mol. The second-order valence-electron chi connectivity index (χ2n) is 5.57. The number of benzene rings is 1. The standard InChI is InChI=1S/C14H17BrClNO3S/c1-9-3-4-10(2)17(8-9)14(18)12-7-11(21(16,19)20)5-6-13(12)15/h5-7,9-10H,3-4,8H2,1-2H3. The zero-order chi connectivity index (χ0) is 15.8. The summed E-state index contributed by atoms with van der Waals surface area (Å²) in [7, 11) is 1.51. The Kier molecular flexibility index (Phi) is 5.00. The Morgan fingerprint density at radius 1 is 1.33 bits per heavy atom. The molecular weight excluding hydrogens is 378 g/mol. The first-order chi connectivity index (χ1) is 9.70. The molecule has 4 nitrogen and oxygen atoms in total. The molecule has 1 aromatic carbocycles. The molecule has 1 fully saturated rings. The smallest absolute Gasteiger partial charge is 0.261 e. The summed E-state index contributed by atoms with van der Waals surface area (Å²) in [5, 5.41) is 0. The fourth-order valence-corrected chi connectivity index (χ4v) is 3.74. The van der Waals surface area contributed by atoms with E-state index in [1.165, 1.54) is 12.1 Å². The van der Waals surface area contributed by atoms with Gasteiger partial charge >= 0.3 is 0 Å². The minimum atomic E-state index is -3.85. The van der Waals surface area contributed by atoms with E-state index in [4.69, 9.17) is 10.7 Å². The summed E-state index contributed by atoms with van der Waals surface area (Å²) >= 11 is 3.31. The highest BCUT2D eigenvalue weighted by atomic mass is 79.9. The maximum absolute atomic E-state index is 12.7. The molecule has 1 aliphatic heterocycles. The van der Waals surface area contributed by atoms with Crippen LogP contribution in [-0.4, -0.2) is 31.8 Å². The number of carbonyl (C=O) groups excluding carboxylic acids is 1. The van der Waals surface area contributed by atoms with Gasteiger partial charge in [0.25, 0.3) is 15.0 Å². The van der Waals surface area contributed by atoms with Crippen LogP contribution in [0.15, 0.2) is 27.6 Å². The number of rotatable bonds is 2. The Balaban J connectivity index is 2.38. The SMILES string of the molecule is CC1CCC(C)N(C(=O)c2cc(S(=O)(=O)Cl)ccc2Br)C1. The lowest BCUT2D eigenvalue weighted by Gasteiger charge is -2.37. The maximum Gasteiger partial charge on any atom is 0.261 e. The summed E-state index contributed by atoms with van der Waals surface area (Å²) in [6.45, 7) is 4.81. The fourth-order valence-electron chi connectivity index (χ4n) is 2.55. The molecule has 116 valence electrons. The van der Waals surface area contributed by atoms with Gasteiger partial charge in [0.1, 0.15) is 0 Å². The van der Waals surface area contributed by atoms with Gasteiger partial charge in [0.15, 0.2) is 0 Å². The quantitative estimate of drug-likeness (QED) is 0.720. The molecule has 0 bridgehead atoms. The minimum Gasteiger partial charge on any atom is -0.336 e. The van der Waals surface area contributed by atoms with E-state index in [9.17, 15) is 13.2 Å². The molecule has 0 radical (unpaired) electrons. The van der Waals surface area contributed by atoms with Gasteiger partial charge < -0.3 is 4.90 Å². The molecule has 21 heavy (non-hydrogen) atoms. The Bertz CT molecular complexity index is 662. The van der Waals surface area contributed by atoms with Gasteiger partial charge in [-0.1, -0.05) is 6.92 Å². The molecule has 1 aliphatic rings. The van der Waals surface area contributed by atoms with E-state index in [-0.39, 0.29) is 16.8 Å². The lowest BCUT2D eigenvalue weighted by molar-refractivity contribution is 0.0573. The summed E-state index contributed by atoms with van der Waals surface area (Å²) in [6, 6.07) is 4.41. The number of likely N-dealkylation sites (tertiary alicyclic amines) is 1. The predicted molar refractivity (Wildman–Crippen MR) is 86.1 cm³/mol. The number of hydrogen-bond donors (Lipinski definition) is 0. The monoisotopic (exact) mass is 393 g/mol. The molecule has 2 atom stereocenters. The highest BCUT2D eigenvalue weighted by Gasteiger charge is 2.29. The third-order valence-corrected chi connectivity index (χ3v) is 5.87. The number of nitrogens with zero attached hydrogens (tertiary/aromatic N) is 1.